The molecule has 1 aliphatic heterocycles. The van der Waals surface area contributed by atoms with E-state index in [-0.39, 0.29) is 24.5 Å². The normalized spacial score (nSPS) is 17.4. The van der Waals surface area contributed by atoms with Crippen LogP contribution in [0.5, 0.6) is 5.75 Å². The highest BCUT2D eigenvalue weighted by molar-refractivity contribution is 6.42. The number of amides is 3. The number of hydrogen-bond donors (Lipinski definition) is 3. The van der Waals surface area contributed by atoms with Crippen LogP contribution in [-0.2, 0) is 6.54 Å². The molecule has 4 aromatic rings. The fraction of sp³-hybridized carbons (Fsp3) is 0.294. The van der Waals surface area contributed by atoms with Crippen LogP contribution in [0, 0.1) is 5.92 Å². The van der Waals surface area contributed by atoms with Gasteiger partial charge in [-0.1, -0.05) is 78.7 Å². The van der Waals surface area contributed by atoms with E-state index < -0.39 is 12.1 Å². The second kappa shape index (κ2) is 13.9. The molecule has 0 aromatic heterocycles. The maximum atomic E-state index is 13.8. The maximum absolute atomic E-state index is 13.8. The predicted molar refractivity (Wildman–Crippen MR) is 177 cm³/mol. The van der Waals surface area contributed by atoms with E-state index in [0.29, 0.717) is 52.4 Å². The highest BCUT2D eigenvalue weighted by Gasteiger charge is 2.34. The van der Waals surface area contributed by atoms with Gasteiger partial charge >= 0.3 is 6.03 Å². The van der Waals surface area contributed by atoms with Crippen molar-refractivity contribution in [2.45, 2.75) is 32.5 Å². The Morgan fingerprint density at radius 1 is 1.02 bits per heavy atom. The number of hydrogen-bond acceptors (Lipinski definition) is 5. The Bertz CT molecular complexity index is 1660. The molecule has 0 bridgehead atoms. The molecule has 0 radical (unpaired) electrons. The zero-order valence-electron chi connectivity index (χ0n) is 24.9. The number of carbonyl (C=O) groups excluding carboxylic acids is 2. The number of anilines is 2. The second-order valence-corrected chi connectivity index (χ2v) is 12.2. The number of carbonyl (C=O) groups is 2. The molecule has 0 saturated heterocycles. The Kier molecular flexibility index (Phi) is 9.96. The Hall–Kier alpha value is -3.82. The van der Waals surface area contributed by atoms with Crippen molar-refractivity contribution < 1.29 is 19.4 Å². The van der Waals surface area contributed by atoms with Crippen molar-refractivity contribution in [2.24, 2.45) is 5.92 Å². The zero-order valence-corrected chi connectivity index (χ0v) is 26.4. The molecule has 0 spiro atoms. The van der Waals surface area contributed by atoms with E-state index in [1.54, 1.807) is 29.2 Å². The zero-order chi connectivity index (χ0) is 31.4. The number of benzene rings is 4. The van der Waals surface area contributed by atoms with Gasteiger partial charge in [0, 0.05) is 30.9 Å². The lowest BCUT2D eigenvalue weighted by Gasteiger charge is -2.38. The molecule has 0 unspecified atom stereocenters. The number of fused-ring (bicyclic) bond motifs is 2. The summed E-state index contributed by atoms with van der Waals surface area (Å²) in [7, 11) is 1.99. The lowest BCUT2D eigenvalue weighted by molar-refractivity contribution is 0.0343. The summed E-state index contributed by atoms with van der Waals surface area (Å²) in [4.78, 5) is 30.9. The van der Waals surface area contributed by atoms with E-state index in [2.05, 4.69) is 15.5 Å². The summed E-state index contributed by atoms with van der Waals surface area (Å²) in [5.74, 6) is -0.0794. The molecule has 8 nitrogen and oxygen atoms in total. The Balaban J connectivity index is 1.43. The number of likely N-dealkylation sites (N-methyl/N-ethyl adjacent to an activating group) is 1. The number of ether oxygens (including phenoxy) is 1. The molecule has 1 heterocycles. The quantitative estimate of drug-likeness (QED) is 0.191. The first kappa shape index (κ1) is 31.6. The molecular formula is C34H36Cl2N4O4. The molecule has 4 aromatic carbocycles. The summed E-state index contributed by atoms with van der Waals surface area (Å²) < 4.78 is 6.64. The first-order valence-electron chi connectivity index (χ1n) is 14.5. The Labute approximate surface area is 267 Å². The van der Waals surface area contributed by atoms with Gasteiger partial charge in [0.05, 0.1) is 39.6 Å². The SMILES string of the molecule is C[C@H](CO)N1C[C@H](C)[C@@H](CN(C)Cc2ccc(Cl)c(Cl)c2)Oc2c(NC(=O)Nc3cccc4ccccc34)cccc2C1=O. The molecular weight excluding hydrogens is 599 g/mol. The van der Waals surface area contributed by atoms with Gasteiger partial charge in [0.1, 0.15) is 6.10 Å². The minimum Gasteiger partial charge on any atom is -0.486 e. The summed E-state index contributed by atoms with van der Waals surface area (Å²) in [6.07, 6.45) is -0.355. The molecule has 0 saturated carbocycles. The van der Waals surface area contributed by atoms with Crippen LogP contribution in [0.3, 0.4) is 0 Å². The highest BCUT2D eigenvalue weighted by atomic mass is 35.5. The number of aliphatic hydroxyl groups excluding tert-OH is 1. The van der Waals surface area contributed by atoms with E-state index >= 15 is 0 Å². The van der Waals surface area contributed by atoms with Gasteiger partial charge in [-0.25, -0.2) is 4.79 Å². The summed E-state index contributed by atoms with van der Waals surface area (Å²) >= 11 is 12.4. The van der Waals surface area contributed by atoms with Crippen molar-refractivity contribution >= 4 is 57.3 Å². The minimum atomic E-state index is -0.463. The van der Waals surface area contributed by atoms with E-state index in [1.807, 2.05) is 75.5 Å². The van der Waals surface area contributed by atoms with E-state index in [4.69, 9.17) is 27.9 Å². The van der Waals surface area contributed by atoms with Gasteiger partial charge in [0.25, 0.3) is 5.91 Å². The summed E-state index contributed by atoms with van der Waals surface area (Å²) in [6, 6.07) is 23.3. The molecule has 3 atom stereocenters. The predicted octanol–water partition coefficient (Wildman–Crippen LogP) is 7.14. The number of halogens is 2. The Morgan fingerprint density at radius 3 is 2.50 bits per heavy atom. The fourth-order valence-corrected chi connectivity index (χ4v) is 5.81. The molecule has 3 N–H and O–H groups in total. The average Bonchev–Trinajstić information content (AvgIpc) is 3.01. The van der Waals surface area contributed by atoms with E-state index in [1.165, 1.54) is 0 Å². The van der Waals surface area contributed by atoms with Gasteiger partial charge in [-0.2, -0.15) is 0 Å². The Morgan fingerprint density at radius 2 is 1.73 bits per heavy atom. The molecule has 1 aliphatic rings. The largest absolute Gasteiger partial charge is 0.486 e. The molecule has 44 heavy (non-hydrogen) atoms. The fourth-order valence-electron chi connectivity index (χ4n) is 5.49. The standard InChI is InChI=1S/C34H36Cl2N4O4/c1-21-17-40(22(2)20-41)33(42)26-11-7-13-30(38-34(43)37-29-12-6-9-24-8-4-5-10-25(24)29)32(26)44-31(21)19-39(3)18-23-14-15-27(35)28(36)16-23/h4-16,21-22,31,41H,17-20H2,1-3H3,(H2,37,38,43)/t21-,22+,31+/m0/s1. The van der Waals surface area contributed by atoms with Crippen molar-refractivity contribution in [3.05, 3.63) is 100 Å². The minimum absolute atomic E-state index is 0.102. The number of aliphatic hydroxyl groups is 1. The van der Waals surface area contributed by atoms with E-state index in [0.717, 1.165) is 16.3 Å². The molecule has 0 fully saturated rings. The van der Waals surface area contributed by atoms with Crippen LogP contribution >= 0.6 is 23.2 Å². The van der Waals surface area contributed by atoms with Crippen LogP contribution in [0.1, 0.15) is 29.8 Å². The number of nitrogens with one attached hydrogen (secondary N) is 2. The van der Waals surface area contributed by atoms with Crippen molar-refractivity contribution in [3.8, 4) is 5.75 Å². The number of nitrogens with zero attached hydrogens (tertiary/aromatic N) is 2. The molecule has 0 aliphatic carbocycles. The molecule has 10 heteroatoms. The van der Waals surface area contributed by atoms with Crippen LogP contribution in [0.4, 0.5) is 16.2 Å². The third-order valence-corrected chi connectivity index (χ3v) is 8.64. The first-order valence-corrected chi connectivity index (χ1v) is 15.3. The lowest BCUT2D eigenvalue weighted by atomic mass is 9.99. The van der Waals surface area contributed by atoms with Gasteiger partial charge in [-0.3, -0.25) is 9.69 Å². The lowest BCUT2D eigenvalue weighted by Crippen LogP contribution is -2.49. The monoisotopic (exact) mass is 634 g/mol. The number of para-hydroxylation sites is 1. The van der Waals surface area contributed by atoms with Gasteiger partial charge in [-0.05, 0) is 55.3 Å². The third kappa shape index (κ3) is 7.11. The van der Waals surface area contributed by atoms with Crippen LogP contribution in [0.25, 0.3) is 10.8 Å². The van der Waals surface area contributed by atoms with Crippen molar-refractivity contribution in [2.75, 3.05) is 37.4 Å². The topological polar surface area (TPSA) is 94.1 Å². The van der Waals surface area contributed by atoms with Crippen LogP contribution < -0.4 is 15.4 Å². The summed E-state index contributed by atoms with van der Waals surface area (Å²) in [5.41, 5.74) is 2.35. The van der Waals surface area contributed by atoms with Gasteiger partial charge < -0.3 is 25.4 Å². The summed E-state index contributed by atoms with van der Waals surface area (Å²) in [6.45, 7) is 5.17. The van der Waals surface area contributed by atoms with Crippen LogP contribution in [0.2, 0.25) is 10.0 Å². The van der Waals surface area contributed by atoms with Crippen LogP contribution in [-0.4, -0.2) is 65.7 Å². The van der Waals surface area contributed by atoms with E-state index in [9.17, 15) is 14.7 Å². The number of rotatable bonds is 8. The second-order valence-electron chi connectivity index (χ2n) is 11.4. The number of urea groups is 1. The van der Waals surface area contributed by atoms with Gasteiger partial charge in [0.15, 0.2) is 5.75 Å². The van der Waals surface area contributed by atoms with Crippen molar-refractivity contribution in [1.82, 2.24) is 9.80 Å². The van der Waals surface area contributed by atoms with Crippen LogP contribution in [0.15, 0.2) is 78.9 Å². The molecule has 5 rings (SSSR count). The maximum Gasteiger partial charge on any atom is 0.323 e. The first-order chi connectivity index (χ1) is 21.1. The smallest absolute Gasteiger partial charge is 0.323 e. The molecule has 230 valence electrons. The highest BCUT2D eigenvalue weighted by Crippen LogP contribution is 2.35. The van der Waals surface area contributed by atoms with Crippen molar-refractivity contribution in [1.29, 1.82) is 0 Å². The summed E-state index contributed by atoms with van der Waals surface area (Å²) in [5, 5.41) is 18.7. The average molecular weight is 636 g/mol. The van der Waals surface area contributed by atoms with Crippen molar-refractivity contribution in [3.63, 3.8) is 0 Å². The molecule has 3 amide bonds. The van der Waals surface area contributed by atoms with Gasteiger partial charge in [0.2, 0.25) is 0 Å². The van der Waals surface area contributed by atoms with Gasteiger partial charge in [-0.15, -0.1) is 0 Å². The third-order valence-electron chi connectivity index (χ3n) is 7.91.